The number of rotatable bonds is 4. The van der Waals surface area contributed by atoms with Gasteiger partial charge in [0.25, 0.3) is 0 Å². The maximum Gasteiger partial charge on any atom is 0.410 e. The first-order chi connectivity index (χ1) is 18.9. The molecule has 0 N–H and O–H groups in total. The van der Waals surface area contributed by atoms with Crippen LogP contribution in [0.2, 0.25) is 0 Å². The maximum atomic E-state index is 12.5. The van der Waals surface area contributed by atoms with E-state index in [1.807, 2.05) is 41.5 Å². The van der Waals surface area contributed by atoms with Gasteiger partial charge in [-0.05, 0) is 64.8 Å². The average Bonchev–Trinajstić information content (AvgIpc) is 2.90. The Balaban J connectivity index is 1.41. The molecule has 4 rings (SSSR count). The van der Waals surface area contributed by atoms with Crippen molar-refractivity contribution >= 4 is 35.7 Å². The van der Waals surface area contributed by atoms with Crippen LogP contribution in [0, 0.1) is 0 Å². The minimum Gasteiger partial charge on any atom is -0.444 e. The molecule has 0 aliphatic carbocycles. The van der Waals surface area contributed by atoms with Gasteiger partial charge in [-0.15, -0.1) is 0 Å². The normalized spacial score (nSPS) is 16.9. The predicted octanol–water partition coefficient (Wildman–Crippen LogP) is 5.97. The number of nitrogens with zero attached hydrogens (tertiary/aromatic N) is 4. The molecule has 2 saturated heterocycles. The fourth-order valence-corrected chi connectivity index (χ4v) is 4.93. The van der Waals surface area contributed by atoms with Crippen molar-refractivity contribution in [3.63, 3.8) is 0 Å². The van der Waals surface area contributed by atoms with Crippen LogP contribution in [0.1, 0.15) is 52.7 Å². The highest BCUT2D eigenvalue weighted by molar-refractivity contribution is 5.81. The number of hydrogen-bond acceptors (Lipinski definition) is 6. The largest absolute Gasteiger partial charge is 0.444 e. The Morgan fingerprint density at radius 1 is 0.575 bits per heavy atom. The Hall–Kier alpha value is -3.68. The molecule has 8 heteroatoms. The summed E-state index contributed by atoms with van der Waals surface area (Å²) in [5.41, 5.74) is 3.61. The number of ether oxygens (including phenoxy) is 2. The van der Waals surface area contributed by atoms with Crippen molar-refractivity contribution in [1.82, 2.24) is 9.80 Å². The van der Waals surface area contributed by atoms with Crippen molar-refractivity contribution in [3.05, 3.63) is 59.7 Å². The third kappa shape index (κ3) is 7.93. The number of anilines is 2. The molecule has 0 atom stereocenters. The Morgan fingerprint density at radius 2 is 0.900 bits per heavy atom. The van der Waals surface area contributed by atoms with Gasteiger partial charge < -0.3 is 29.1 Å². The van der Waals surface area contributed by atoms with Gasteiger partial charge in [-0.1, -0.05) is 48.6 Å². The second-order valence-corrected chi connectivity index (χ2v) is 12.4. The van der Waals surface area contributed by atoms with Gasteiger partial charge in [-0.25, -0.2) is 9.59 Å². The number of para-hydroxylation sites is 2. The molecule has 2 amide bonds. The second kappa shape index (κ2) is 12.2. The standard InChI is InChI=1S/C32H44N4O4/c1-31(2,3)39-29(37)35-21-17-33(18-22-35)27-13-9-7-11-25(27)15-16-26-12-8-10-14-28(26)34-19-23-36(24-20-34)30(38)40-32(4,5)6/h7-16H,17-24H2,1-6H3. The first kappa shape index (κ1) is 29.3. The van der Waals surface area contributed by atoms with E-state index < -0.39 is 11.2 Å². The van der Waals surface area contributed by atoms with Crippen LogP contribution in [0.25, 0.3) is 12.2 Å². The highest BCUT2D eigenvalue weighted by atomic mass is 16.6. The first-order valence-corrected chi connectivity index (χ1v) is 14.2. The first-order valence-electron chi connectivity index (χ1n) is 14.2. The Labute approximate surface area is 239 Å². The van der Waals surface area contributed by atoms with Gasteiger partial charge in [0.2, 0.25) is 0 Å². The Morgan fingerprint density at radius 3 is 1.23 bits per heavy atom. The van der Waals surface area contributed by atoms with Gasteiger partial charge >= 0.3 is 12.2 Å². The van der Waals surface area contributed by atoms with Crippen molar-refractivity contribution in [1.29, 1.82) is 0 Å². The summed E-state index contributed by atoms with van der Waals surface area (Å²) < 4.78 is 11.1. The second-order valence-electron chi connectivity index (χ2n) is 12.4. The topological polar surface area (TPSA) is 65.6 Å². The number of piperazine rings is 2. The van der Waals surface area contributed by atoms with Crippen LogP contribution in [0.15, 0.2) is 48.5 Å². The fraction of sp³-hybridized carbons (Fsp3) is 0.500. The number of hydrogen-bond donors (Lipinski definition) is 0. The molecule has 40 heavy (non-hydrogen) atoms. The molecule has 216 valence electrons. The lowest BCUT2D eigenvalue weighted by molar-refractivity contribution is 0.0230. The smallest absolute Gasteiger partial charge is 0.410 e. The van der Waals surface area contributed by atoms with Crippen molar-refractivity contribution < 1.29 is 19.1 Å². The lowest BCUT2D eigenvalue weighted by Crippen LogP contribution is -2.50. The van der Waals surface area contributed by atoms with Crippen molar-refractivity contribution in [2.75, 3.05) is 62.2 Å². The van der Waals surface area contributed by atoms with Crippen molar-refractivity contribution in [3.8, 4) is 0 Å². The number of benzene rings is 2. The van der Waals surface area contributed by atoms with Crippen molar-refractivity contribution in [2.45, 2.75) is 52.7 Å². The Kier molecular flexibility index (Phi) is 8.96. The van der Waals surface area contributed by atoms with E-state index in [1.54, 1.807) is 9.80 Å². The average molecular weight is 549 g/mol. The molecule has 0 spiro atoms. The van der Waals surface area contributed by atoms with Crippen LogP contribution in [-0.2, 0) is 9.47 Å². The molecule has 2 aromatic rings. The van der Waals surface area contributed by atoms with Crippen LogP contribution in [0.3, 0.4) is 0 Å². The summed E-state index contributed by atoms with van der Waals surface area (Å²) in [7, 11) is 0. The van der Waals surface area contributed by atoms with Crippen molar-refractivity contribution in [2.24, 2.45) is 0 Å². The number of amides is 2. The predicted molar refractivity (Wildman–Crippen MR) is 162 cm³/mol. The lowest BCUT2D eigenvalue weighted by Gasteiger charge is -2.37. The molecule has 0 radical (unpaired) electrons. The van der Waals surface area contributed by atoms with Crippen LogP contribution in [0.4, 0.5) is 21.0 Å². The van der Waals surface area contributed by atoms with E-state index in [-0.39, 0.29) is 12.2 Å². The van der Waals surface area contributed by atoms with E-state index in [0.717, 1.165) is 48.7 Å². The van der Waals surface area contributed by atoms with Gasteiger partial charge in [0.1, 0.15) is 11.2 Å². The third-order valence-electron chi connectivity index (χ3n) is 6.86. The zero-order valence-corrected chi connectivity index (χ0v) is 24.9. The molecule has 2 heterocycles. The van der Waals surface area contributed by atoms with Crippen LogP contribution in [-0.4, -0.2) is 85.5 Å². The van der Waals surface area contributed by atoms with E-state index in [9.17, 15) is 9.59 Å². The summed E-state index contributed by atoms with van der Waals surface area (Å²) in [5.74, 6) is 0. The summed E-state index contributed by atoms with van der Waals surface area (Å²) in [5, 5.41) is 0. The minimum atomic E-state index is -0.492. The van der Waals surface area contributed by atoms with Crippen LogP contribution >= 0.6 is 0 Å². The lowest BCUT2D eigenvalue weighted by atomic mass is 10.1. The van der Waals surface area contributed by atoms with Gasteiger partial charge in [0.05, 0.1) is 0 Å². The molecular formula is C32H44N4O4. The zero-order valence-electron chi connectivity index (χ0n) is 24.9. The molecule has 2 aliphatic rings. The number of carbonyl (C=O) groups is 2. The highest BCUT2D eigenvalue weighted by Gasteiger charge is 2.28. The van der Waals surface area contributed by atoms with Crippen LogP contribution in [0.5, 0.6) is 0 Å². The summed E-state index contributed by atoms with van der Waals surface area (Å²) >= 11 is 0. The molecule has 2 aromatic carbocycles. The SMILES string of the molecule is CC(C)(C)OC(=O)N1CCN(c2ccccc2C=Cc2ccccc2N2CCN(C(=O)OC(C)(C)C)CC2)CC1. The molecule has 2 fully saturated rings. The Bertz CT molecular complexity index is 1100. The summed E-state index contributed by atoms with van der Waals surface area (Å²) in [6.07, 6.45) is 3.85. The van der Waals surface area contributed by atoms with Gasteiger partial charge in [-0.3, -0.25) is 0 Å². The molecule has 2 aliphatic heterocycles. The molecule has 0 bridgehead atoms. The van der Waals surface area contributed by atoms with Gasteiger partial charge in [0.15, 0.2) is 0 Å². The molecule has 0 saturated carbocycles. The quantitative estimate of drug-likeness (QED) is 0.439. The molecule has 0 unspecified atom stereocenters. The van der Waals surface area contributed by atoms with E-state index in [1.165, 1.54) is 0 Å². The number of carbonyl (C=O) groups excluding carboxylic acids is 2. The monoisotopic (exact) mass is 548 g/mol. The van der Waals surface area contributed by atoms with Gasteiger partial charge in [0, 0.05) is 63.7 Å². The van der Waals surface area contributed by atoms with E-state index in [0.29, 0.717) is 26.2 Å². The summed E-state index contributed by atoms with van der Waals surface area (Å²) in [6, 6.07) is 16.8. The summed E-state index contributed by atoms with van der Waals surface area (Å²) in [4.78, 5) is 33.2. The molecule has 8 nitrogen and oxygen atoms in total. The summed E-state index contributed by atoms with van der Waals surface area (Å²) in [6.45, 7) is 16.9. The third-order valence-corrected chi connectivity index (χ3v) is 6.86. The molecular weight excluding hydrogens is 504 g/mol. The highest BCUT2D eigenvalue weighted by Crippen LogP contribution is 2.28. The van der Waals surface area contributed by atoms with E-state index in [2.05, 4.69) is 70.5 Å². The zero-order chi connectivity index (χ0) is 28.9. The maximum absolute atomic E-state index is 12.5. The van der Waals surface area contributed by atoms with Crippen LogP contribution < -0.4 is 9.80 Å². The van der Waals surface area contributed by atoms with E-state index in [4.69, 9.17) is 9.47 Å². The molecule has 0 aromatic heterocycles. The minimum absolute atomic E-state index is 0.246. The van der Waals surface area contributed by atoms with E-state index >= 15 is 0 Å². The van der Waals surface area contributed by atoms with Gasteiger partial charge in [-0.2, -0.15) is 0 Å². The fourth-order valence-electron chi connectivity index (χ4n) is 4.93.